The van der Waals surface area contributed by atoms with Gasteiger partial charge in [0.2, 0.25) is 5.91 Å². The Labute approximate surface area is 172 Å². The quantitative estimate of drug-likeness (QED) is 0.468. The minimum absolute atomic E-state index is 0.0214. The molecule has 0 aliphatic rings. The van der Waals surface area contributed by atoms with Gasteiger partial charge in [-0.1, -0.05) is 23.7 Å². The lowest BCUT2D eigenvalue weighted by atomic mass is 10.1. The molecule has 0 saturated heterocycles. The summed E-state index contributed by atoms with van der Waals surface area (Å²) in [6.07, 6.45) is 3.09. The number of benzene rings is 2. The molecule has 0 radical (unpaired) electrons. The fraction of sp³-hybridized carbons (Fsp3) is 0.211. The predicted octanol–water partition coefficient (Wildman–Crippen LogP) is 3.46. The molecule has 150 valence electrons. The summed E-state index contributed by atoms with van der Waals surface area (Å²) in [5, 5.41) is 17.8. The number of carbonyl (C=O) groups is 1. The van der Waals surface area contributed by atoms with E-state index in [0.29, 0.717) is 5.69 Å². The lowest BCUT2D eigenvalue weighted by Crippen LogP contribution is -2.32. The number of halogens is 1. The minimum Gasteiger partial charge on any atom is -0.325 e. The number of likely N-dealkylation sites (N-methyl/N-ethyl adjacent to an activating group) is 1. The van der Waals surface area contributed by atoms with Crippen LogP contribution in [0.3, 0.4) is 0 Å². The monoisotopic (exact) mass is 414 g/mol. The second-order valence-electron chi connectivity index (χ2n) is 6.49. The third-order valence-corrected chi connectivity index (χ3v) is 4.86. The summed E-state index contributed by atoms with van der Waals surface area (Å²) < 4.78 is 1.66. The number of hydrogen-bond donors (Lipinski definition) is 1. The van der Waals surface area contributed by atoms with E-state index < -0.39 is 4.92 Å². The molecule has 1 aromatic heterocycles. The van der Waals surface area contributed by atoms with Crippen LogP contribution in [0.5, 0.6) is 0 Å². The first-order valence-electron chi connectivity index (χ1n) is 8.74. The van der Waals surface area contributed by atoms with Gasteiger partial charge in [-0.25, -0.2) is 9.67 Å². The van der Waals surface area contributed by atoms with Crippen LogP contribution in [0, 0.1) is 10.1 Å². The molecule has 1 unspecified atom stereocenters. The van der Waals surface area contributed by atoms with E-state index in [2.05, 4.69) is 15.4 Å². The van der Waals surface area contributed by atoms with Crippen LogP contribution in [0.4, 0.5) is 11.4 Å². The van der Waals surface area contributed by atoms with Crippen molar-refractivity contribution in [1.29, 1.82) is 0 Å². The fourth-order valence-electron chi connectivity index (χ4n) is 2.80. The largest absolute Gasteiger partial charge is 0.325 e. The molecule has 3 rings (SSSR count). The number of nitrogens with zero attached hydrogens (tertiary/aromatic N) is 5. The van der Waals surface area contributed by atoms with Crippen molar-refractivity contribution >= 4 is 28.9 Å². The SMILES string of the molecule is CC(c1ccc(-n2cncn2)cc1)N(C)CC(=O)Nc1ccc(Cl)c([N+](=O)[O-])c1. The van der Waals surface area contributed by atoms with Crippen LogP contribution in [-0.4, -0.2) is 44.1 Å². The summed E-state index contributed by atoms with van der Waals surface area (Å²) in [6, 6.07) is 11.9. The Kier molecular flexibility index (Phi) is 6.20. The van der Waals surface area contributed by atoms with Crippen LogP contribution in [-0.2, 0) is 4.79 Å². The van der Waals surface area contributed by atoms with Gasteiger partial charge in [0, 0.05) is 17.8 Å². The fourth-order valence-corrected chi connectivity index (χ4v) is 2.98. The zero-order valence-corrected chi connectivity index (χ0v) is 16.6. The lowest BCUT2D eigenvalue weighted by Gasteiger charge is -2.24. The smallest absolute Gasteiger partial charge is 0.289 e. The van der Waals surface area contributed by atoms with Gasteiger partial charge < -0.3 is 5.32 Å². The summed E-state index contributed by atoms with van der Waals surface area (Å²) >= 11 is 5.79. The number of anilines is 1. The Morgan fingerprint density at radius 1 is 1.31 bits per heavy atom. The van der Waals surface area contributed by atoms with Crippen molar-refractivity contribution in [3.63, 3.8) is 0 Å². The van der Waals surface area contributed by atoms with Crippen molar-refractivity contribution in [1.82, 2.24) is 19.7 Å². The van der Waals surface area contributed by atoms with E-state index in [0.717, 1.165) is 11.3 Å². The molecule has 0 spiro atoms. The molecule has 9 nitrogen and oxygen atoms in total. The summed E-state index contributed by atoms with van der Waals surface area (Å²) in [5.74, 6) is -0.282. The number of nitrogens with one attached hydrogen (secondary N) is 1. The van der Waals surface area contributed by atoms with Crippen molar-refractivity contribution in [2.45, 2.75) is 13.0 Å². The molecule has 0 saturated carbocycles. The number of nitro benzene ring substituents is 1. The molecular weight excluding hydrogens is 396 g/mol. The van der Waals surface area contributed by atoms with E-state index in [1.54, 1.807) is 11.0 Å². The highest BCUT2D eigenvalue weighted by molar-refractivity contribution is 6.32. The number of carbonyl (C=O) groups excluding carboxylic acids is 1. The van der Waals surface area contributed by atoms with E-state index in [-0.39, 0.29) is 29.2 Å². The standard InChI is InChI=1S/C19H19ClN6O3/c1-13(14-3-6-16(7-4-14)25-12-21-11-22-25)24(2)10-19(27)23-15-5-8-17(20)18(9-15)26(28)29/h3-9,11-13H,10H2,1-2H3,(H,23,27). The van der Waals surface area contributed by atoms with E-state index in [1.165, 1.54) is 24.5 Å². The first kappa shape index (κ1) is 20.4. The van der Waals surface area contributed by atoms with E-state index >= 15 is 0 Å². The molecule has 0 aliphatic carbocycles. The maximum atomic E-state index is 12.4. The lowest BCUT2D eigenvalue weighted by molar-refractivity contribution is -0.384. The van der Waals surface area contributed by atoms with Gasteiger partial charge in [-0.15, -0.1) is 0 Å². The van der Waals surface area contributed by atoms with Crippen LogP contribution in [0.2, 0.25) is 5.02 Å². The van der Waals surface area contributed by atoms with Gasteiger partial charge in [-0.3, -0.25) is 19.8 Å². The van der Waals surface area contributed by atoms with Gasteiger partial charge in [0.25, 0.3) is 5.69 Å². The summed E-state index contributed by atoms with van der Waals surface area (Å²) in [4.78, 5) is 28.6. The van der Waals surface area contributed by atoms with Gasteiger partial charge >= 0.3 is 0 Å². The van der Waals surface area contributed by atoms with Gasteiger partial charge in [0.15, 0.2) is 0 Å². The Morgan fingerprint density at radius 3 is 2.66 bits per heavy atom. The molecule has 1 N–H and O–H groups in total. The Balaban J connectivity index is 1.62. The molecule has 1 atom stereocenters. The maximum absolute atomic E-state index is 12.4. The van der Waals surface area contributed by atoms with E-state index in [9.17, 15) is 14.9 Å². The Bertz CT molecular complexity index is 1010. The maximum Gasteiger partial charge on any atom is 0.289 e. The molecule has 1 amide bonds. The zero-order valence-electron chi connectivity index (χ0n) is 15.8. The Hall–Kier alpha value is -3.30. The number of nitro groups is 1. The molecule has 0 bridgehead atoms. The van der Waals surface area contributed by atoms with Crippen LogP contribution >= 0.6 is 11.6 Å². The van der Waals surface area contributed by atoms with E-state index in [4.69, 9.17) is 11.6 Å². The molecule has 0 fully saturated rings. The minimum atomic E-state index is -0.588. The first-order valence-corrected chi connectivity index (χ1v) is 9.12. The number of amides is 1. The summed E-state index contributed by atoms with van der Waals surface area (Å²) in [7, 11) is 1.83. The van der Waals surface area contributed by atoms with Crippen molar-refractivity contribution in [3.8, 4) is 5.69 Å². The molecular formula is C19H19ClN6O3. The summed E-state index contributed by atoms with van der Waals surface area (Å²) in [5.41, 5.74) is 2.00. The van der Waals surface area contributed by atoms with Crippen LogP contribution in [0.25, 0.3) is 5.69 Å². The topological polar surface area (TPSA) is 106 Å². The van der Waals surface area contributed by atoms with Crippen molar-refractivity contribution < 1.29 is 9.72 Å². The predicted molar refractivity (Wildman–Crippen MR) is 109 cm³/mol. The van der Waals surface area contributed by atoms with Crippen LogP contribution in [0.1, 0.15) is 18.5 Å². The highest BCUT2D eigenvalue weighted by atomic mass is 35.5. The van der Waals surface area contributed by atoms with Gasteiger partial charge in [-0.2, -0.15) is 5.10 Å². The second-order valence-corrected chi connectivity index (χ2v) is 6.90. The third kappa shape index (κ3) is 4.95. The molecule has 3 aromatic rings. The third-order valence-electron chi connectivity index (χ3n) is 4.54. The van der Waals surface area contributed by atoms with Gasteiger partial charge in [-0.05, 0) is 43.8 Å². The average Bonchev–Trinajstić information content (AvgIpc) is 3.23. The molecule has 2 aromatic carbocycles. The van der Waals surface area contributed by atoms with Gasteiger partial charge in [0.05, 0.1) is 17.2 Å². The van der Waals surface area contributed by atoms with Crippen molar-refractivity contribution in [3.05, 3.63) is 75.8 Å². The van der Waals surface area contributed by atoms with Crippen molar-refractivity contribution in [2.75, 3.05) is 18.9 Å². The molecule has 29 heavy (non-hydrogen) atoms. The van der Waals surface area contributed by atoms with Crippen LogP contribution in [0.15, 0.2) is 55.1 Å². The van der Waals surface area contributed by atoms with Gasteiger partial charge in [0.1, 0.15) is 17.7 Å². The molecule has 10 heteroatoms. The second kappa shape index (κ2) is 8.80. The molecule has 1 heterocycles. The number of hydrogen-bond acceptors (Lipinski definition) is 6. The van der Waals surface area contributed by atoms with Crippen LogP contribution < -0.4 is 5.32 Å². The Morgan fingerprint density at radius 2 is 2.03 bits per heavy atom. The zero-order chi connectivity index (χ0) is 21.0. The normalized spacial score (nSPS) is 12.0. The molecule has 0 aliphatic heterocycles. The highest BCUT2D eigenvalue weighted by Gasteiger charge is 2.17. The first-order chi connectivity index (χ1) is 13.8. The average molecular weight is 415 g/mol. The van der Waals surface area contributed by atoms with Crippen molar-refractivity contribution in [2.24, 2.45) is 0 Å². The van der Waals surface area contributed by atoms with E-state index in [1.807, 2.05) is 43.1 Å². The highest BCUT2D eigenvalue weighted by Crippen LogP contribution is 2.27. The summed E-state index contributed by atoms with van der Waals surface area (Å²) in [6.45, 7) is 2.10. The number of rotatable bonds is 7. The number of aromatic nitrogens is 3.